The molecule has 3 amide bonds. The zero-order chi connectivity index (χ0) is 21.1. The minimum atomic E-state index is -0.106. The molecule has 2 aliphatic heterocycles. The molecule has 3 aliphatic rings. The molecular weight excluding hydrogens is 382 g/mol. The number of nitrogens with zero attached hydrogens (tertiary/aromatic N) is 3. The molecule has 3 heterocycles. The lowest BCUT2D eigenvalue weighted by Gasteiger charge is -2.37. The lowest BCUT2D eigenvalue weighted by atomic mass is 9.91. The Balaban J connectivity index is 1.32. The summed E-state index contributed by atoms with van der Waals surface area (Å²) < 4.78 is 0. The molecule has 164 valence electrons. The van der Waals surface area contributed by atoms with Crippen molar-refractivity contribution in [3.8, 4) is 0 Å². The van der Waals surface area contributed by atoms with Crippen LogP contribution in [-0.4, -0.2) is 69.9 Å². The van der Waals surface area contributed by atoms with E-state index < -0.39 is 0 Å². The topological polar surface area (TPSA) is 98.4 Å². The van der Waals surface area contributed by atoms with E-state index in [9.17, 15) is 14.4 Å². The van der Waals surface area contributed by atoms with Crippen LogP contribution in [0.25, 0.3) is 0 Å². The largest absolute Gasteiger partial charge is 0.348 e. The number of likely N-dealkylation sites (tertiary alicyclic amines) is 2. The van der Waals surface area contributed by atoms with Gasteiger partial charge >= 0.3 is 0 Å². The molecule has 3 fully saturated rings. The number of amides is 3. The van der Waals surface area contributed by atoms with Crippen LogP contribution in [0.15, 0.2) is 6.07 Å². The number of nitrogens with one attached hydrogen (secondary N) is 2. The van der Waals surface area contributed by atoms with Gasteiger partial charge in [-0.2, -0.15) is 5.10 Å². The van der Waals surface area contributed by atoms with Crippen LogP contribution in [-0.2, 0) is 9.59 Å². The van der Waals surface area contributed by atoms with Gasteiger partial charge in [0.15, 0.2) is 0 Å². The Morgan fingerprint density at radius 1 is 1.00 bits per heavy atom. The number of rotatable bonds is 4. The van der Waals surface area contributed by atoms with Crippen LogP contribution >= 0.6 is 0 Å². The van der Waals surface area contributed by atoms with Crippen LogP contribution in [0.4, 0.5) is 0 Å². The van der Waals surface area contributed by atoms with E-state index in [1.54, 1.807) is 6.92 Å². The second kappa shape index (κ2) is 9.18. The van der Waals surface area contributed by atoms with Crippen molar-refractivity contribution >= 4 is 17.7 Å². The average molecular weight is 416 g/mol. The van der Waals surface area contributed by atoms with E-state index in [2.05, 4.69) is 15.5 Å². The van der Waals surface area contributed by atoms with Gasteiger partial charge < -0.3 is 15.1 Å². The fraction of sp³-hybridized carbons (Fsp3) is 0.727. The van der Waals surface area contributed by atoms with Crippen LogP contribution in [0, 0.1) is 5.92 Å². The first-order valence-corrected chi connectivity index (χ1v) is 11.4. The number of hydrogen-bond acceptors (Lipinski definition) is 4. The number of H-pyrrole nitrogens is 1. The van der Waals surface area contributed by atoms with E-state index >= 15 is 0 Å². The van der Waals surface area contributed by atoms with Crippen molar-refractivity contribution in [3.63, 3.8) is 0 Å². The monoisotopic (exact) mass is 415 g/mol. The molecule has 0 spiro atoms. The van der Waals surface area contributed by atoms with E-state index in [1.807, 2.05) is 15.9 Å². The lowest BCUT2D eigenvalue weighted by molar-refractivity contribution is -0.141. The molecule has 0 aromatic carbocycles. The Kier molecular flexibility index (Phi) is 6.39. The van der Waals surface area contributed by atoms with Crippen LogP contribution in [0.5, 0.6) is 0 Å². The van der Waals surface area contributed by atoms with Gasteiger partial charge in [-0.05, 0) is 44.6 Å². The van der Waals surface area contributed by atoms with Crippen molar-refractivity contribution in [2.45, 2.75) is 70.3 Å². The molecule has 1 saturated carbocycles. The van der Waals surface area contributed by atoms with E-state index in [0.717, 1.165) is 50.8 Å². The van der Waals surface area contributed by atoms with Crippen molar-refractivity contribution in [1.82, 2.24) is 25.3 Å². The SMILES string of the molecule is CC(=O)N1CCC(C(=O)N2CCCC(c3cc(C(=O)NC4CCCC4)n[nH]3)C2)CC1. The zero-order valence-electron chi connectivity index (χ0n) is 17.9. The van der Waals surface area contributed by atoms with Gasteiger partial charge in [0.2, 0.25) is 11.8 Å². The first-order valence-electron chi connectivity index (χ1n) is 11.4. The van der Waals surface area contributed by atoms with E-state index in [0.29, 0.717) is 25.3 Å². The highest BCUT2D eigenvalue weighted by atomic mass is 16.2. The maximum atomic E-state index is 13.0. The molecule has 2 saturated heterocycles. The first-order chi connectivity index (χ1) is 14.5. The summed E-state index contributed by atoms with van der Waals surface area (Å²) in [6, 6.07) is 2.13. The highest BCUT2D eigenvalue weighted by Gasteiger charge is 2.33. The third-order valence-corrected chi connectivity index (χ3v) is 6.98. The van der Waals surface area contributed by atoms with Crippen LogP contribution in [0.2, 0.25) is 0 Å². The molecule has 1 aliphatic carbocycles. The summed E-state index contributed by atoms with van der Waals surface area (Å²) in [6.07, 6.45) is 7.88. The smallest absolute Gasteiger partial charge is 0.271 e. The molecule has 2 N–H and O–H groups in total. The van der Waals surface area contributed by atoms with E-state index in [4.69, 9.17) is 0 Å². The fourth-order valence-corrected chi connectivity index (χ4v) is 5.12. The second-order valence-corrected chi connectivity index (χ2v) is 9.07. The van der Waals surface area contributed by atoms with Gasteiger partial charge in [0.05, 0.1) is 0 Å². The molecule has 4 rings (SSSR count). The Labute approximate surface area is 177 Å². The average Bonchev–Trinajstić information content (AvgIpc) is 3.45. The summed E-state index contributed by atoms with van der Waals surface area (Å²) in [4.78, 5) is 40.8. The predicted molar refractivity (Wildman–Crippen MR) is 112 cm³/mol. The van der Waals surface area contributed by atoms with Crippen molar-refractivity contribution in [2.24, 2.45) is 5.92 Å². The van der Waals surface area contributed by atoms with Crippen molar-refractivity contribution in [3.05, 3.63) is 17.5 Å². The van der Waals surface area contributed by atoms with Gasteiger partial charge in [0.25, 0.3) is 5.91 Å². The lowest BCUT2D eigenvalue weighted by Crippen LogP contribution is -2.46. The minimum absolute atomic E-state index is 0.00821. The van der Waals surface area contributed by atoms with Gasteiger partial charge in [0.1, 0.15) is 5.69 Å². The number of aromatic amines is 1. The molecule has 1 aromatic rings. The van der Waals surface area contributed by atoms with Crippen molar-refractivity contribution in [1.29, 1.82) is 0 Å². The molecule has 0 radical (unpaired) electrons. The number of carbonyl (C=O) groups excluding carboxylic acids is 3. The number of piperidine rings is 2. The fourth-order valence-electron chi connectivity index (χ4n) is 5.12. The highest BCUT2D eigenvalue weighted by molar-refractivity contribution is 5.92. The summed E-state index contributed by atoms with van der Waals surface area (Å²) in [5.41, 5.74) is 1.38. The Morgan fingerprint density at radius 3 is 2.43 bits per heavy atom. The van der Waals surface area contributed by atoms with Gasteiger partial charge in [-0.1, -0.05) is 12.8 Å². The van der Waals surface area contributed by atoms with E-state index in [1.165, 1.54) is 12.8 Å². The summed E-state index contributed by atoms with van der Waals surface area (Å²) in [5.74, 6) is 0.382. The Morgan fingerprint density at radius 2 is 1.73 bits per heavy atom. The number of aromatic nitrogens is 2. The van der Waals surface area contributed by atoms with Gasteiger partial charge in [0, 0.05) is 56.7 Å². The Hall–Kier alpha value is -2.38. The summed E-state index contributed by atoms with van der Waals surface area (Å²) in [6.45, 7) is 4.37. The Bertz CT molecular complexity index is 777. The minimum Gasteiger partial charge on any atom is -0.348 e. The maximum absolute atomic E-state index is 13.0. The molecule has 1 aromatic heterocycles. The first kappa shape index (κ1) is 20.9. The normalized spacial score (nSPS) is 23.6. The van der Waals surface area contributed by atoms with Gasteiger partial charge in [-0.3, -0.25) is 19.5 Å². The number of hydrogen-bond donors (Lipinski definition) is 2. The van der Waals surface area contributed by atoms with Crippen molar-refractivity contribution < 1.29 is 14.4 Å². The molecule has 8 nitrogen and oxygen atoms in total. The predicted octanol–water partition coefficient (Wildman–Crippen LogP) is 2.05. The van der Waals surface area contributed by atoms with Gasteiger partial charge in [-0.15, -0.1) is 0 Å². The molecular formula is C22H33N5O3. The van der Waals surface area contributed by atoms with E-state index in [-0.39, 0.29) is 35.6 Å². The summed E-state index contributed by atoms with van der Waals surface area (Å²) in [7, 11) is 0. The molecule has 30 heavy (non-hydrogen) atoms. The van der Waals surface area contributed by atoms with Crippen molar-refractivity contribution in [2.75, 3.05) is 26.2 Å². The zero-order valence-corrected chi connectivity index (χ0v) is 17.9. The molecule has 0 bridgehead atoms. The molecule has 8 heteroatoms. The van der Waals surface area contributed by atoms with Crippen LogP contribution in [0.1, 0.15) is 80.4 Å². The van der Waals surface area contributed by atoms with Crippen LogP contribution in [0.3, 0.4) is 0 Å². The maximum Gasteiger partial charge on any atom is 0.271 e. The quantitative estimate of drug-likeness (QED) is 0.786. The number of carbonyl (C=O) groups is 3. The second-order valence-electron chi connectivity index (χ2n) is 9.07. The molecule has 1 unspecified atom stereocenters. The summed E-state index contributed by atoms with van der Waals surface area (Å²) >= 11 is 0. The third-order valence-electron chi connectivity index (χ3n) is 6.98. The van der Waals surface area contributed by atoms with Crippen LogP contribution < -0.4 is 5.32 Å². The third kappa shape index (κ3) is 4.68. The standard InChI is InChI=1S/C22H33N5O3/c1-15(28)26-11-8-16(9-12-26)22(30)27-10-4-5-17(14-27)19-13-20(25-24-19)21(29)23-18-6-2-3-7-18/h13,16-18H,2-12,14H2,1H3,(H,23,29)(H,24,25). The molecule has 1 atom stereocenters. The van der Waals surface area contributed by atoms with Gasteiger partial charge in [-0.25, -0.2) is 0 Å². The summed E-state index contributed by atoms with van der Waals surface area (Å²) in [5, 5.41) is 10.4. The highest BCUT2D eigenvalue weighted by Crippen LogP contribution is 2.29.